The SMILES string of the molecule is CC1CC1c1noc(=O)[nH]1.Cc1cc(-n2c(OCCc3ccc(S(=O)(=O)C4CC4)cc3)nc3c(c2=O)CCN(C(=O)c2cc4cc(C5CCOCC5)ccc4[nH]2)C3C)cc(C)c1F. The number of H-pyrrole nitrogens is 2. The highest BCUT2D eigenvalue weighted by molar-refractivity contribution is 7.92. The molecule has 2 N–H and O–H groups in total. The number of hydrogen-bond donors (Lipinski definition) is 2. The summed E-state index contributed by atoms with van der Waals surface area (Å²) in [6, 6.07) is 17.8. The van der Waals surface area contributed by atoms with Gasteiger partial charge in [-0.25, -0.2) is 22.2 Å². The van der Waals surface area contributed by atoms with Crippen LogP contribution in [0.1, 0.15) is 114 Å². The number of carbonyl (C=O) groups excluding carboxylic acids is 1. The molecule has 330 valence electrons. The Bertz CT molecular complexity index is 2900. The molecule has 0 bridgehead atoms. The van der Waals surface area contributed by atoms with E-state index in [0.29, 0.717) is 94.5 Å². The molecule has 6 aromatic rings. The molecule has 14 nitrogen and oxygen atoms in total. The van der Waals surface area contributed by atoms with Crippen molar-refractivity contribution in [3.05, 3.63) is 132 Å². The van der Waals surface area contributed by atoms with Crippen LogP contribution in [0.3, 0.4) is 0 Å². The summed E-state index contributed by atoms with van der Waals surface area (Å²) in [5, 5.41) is 4.28. The molecule has 3 aromatic carbocycles. The van der Waals surface area contributed by atoms with Crippen LogP contribution in [-0.2, 0) is 27.4 Å². The predicted octanol–water partition coefficient (Wildman–Crippen LogP) is 7.17. The van der Waals surface area contributed by atoms with Gasteiger partial charge in [-0.05, 0) is 136 Å². The Morgan fingerprint density at radius 1 is 0.952 bits per heavy atom. The van der Waals surface area contributed by atoms with Gasteiger partial charge in [-0.2, -0.15) is 4.98 Å². The minimum atomic E-state index is -3.29. The van der Waals surface area contributed by atoms with Crippen LogP contribution in [0.4, 0.5) is 4.39 Å². The van der Waals surface area contributed by atoms with E-state index in [1.165, 1.54) is 10.1 Å². The van der Waals surface area contributed by atoms with Crippen molar-refractivity contribution in [3.63, 3.8) is 0 Å². The molecule has 5 heterocycles. The molecule has 16 heteroatoms. The van der Waals surface area contributed by atoms with E-state index in [-0.39, 0.29) is 35.2 Å². The quantitative estimate of drug-likeness (QED) is 0.143. The largest absolute Gasteiger partial charge is 0.464 e. The Morgan fingerprint density at radius 2 is 1.67 bits per heavy atom. The molecule has 3 atom stereocenters. The normalized spacial score (nSPS) is 20.0. The first-order chi connectivity index (χ1) is 30.3. The maximum absolute atomic E-state index is 14.7. The number of aryl methyl sites for hydroxylation is 2. The van der Waals surface area contributed by atoms with E-state index >= 15 is 0 Å². The average Bonchev–Trinajstić information content (AvgIpc) is 4.18. The molecule has 3 fully saturated rings. The fraction of sp³-hybridized carbons (Fsp3) is 0.426. The van der Waals surface area contributed by atoms with E-state index in [4.69, 9.17) is 14.5 Å². The lowest BCUT2D eigenvalue weighted by Gasteiger charge is -2.34. The zero-order chi connectivity index (χ0) is 44.2. The van der Waals surface area contributed by atoms with E-state index in [0.717, 1.165) is 48.9 Å². The minimum Gasteiger partial charge on any atom is -0.464 e. The molecule has 1 saturated heterocycles. The first-order valence-electron chi connectivity index (χ1n) is 21.7. The Morgan fingerprint density at radius 3 is 2.32 bits per heavy atom. The van der Waals surface area contributed by atoms with Crippen molar-refractivity contribution >= 4 is 26.6 Å². The van der Waals surface area contributed by atoms with Crippen LogP contribution in [0.2, 0.25) is 0 Å². The summed E-state index contributed by atoms with van der Waals surface area (Å²) in [4.78, 5) is 51.6. The molecule has 0 radical (unpaired) electrons. The number of benzene rings is 3. The van der Waals surface area contributed by atoms with Crippen LogP contribution in [0.15, 0.2) is 79.7 Å². The van der Waals surface area contributed by atoms with E-state index in [9.17, 15) is 27.2 Å². The topological polar surface area (TPSA) is 182 Å². The lowest BCUT2D eigenvalue weighted by molar-refractivity contribution is 0.0665. The van der Waals surface area contributed by atoms with Gasteiger partial charge in [0.05, 0.1) is 34.2 Å². The highest BCUT2D eigenvalue weighted by Gasteiger charge is 2.38. The lowest BCUT2D eigenvalue weighted by atomic mass is 9.91. The summed E-state index contributed by atoms with van der Waals surface area (Å²) in [7, 11) is -3.29. The molecular weight excluding hydrogens is 828 g/mol. The number of amides is 1. The van der Waals surface area contributed by atoms with Crippen LogP contribution < -0.4 is 16.1 Å². The maximum atomic E-state index is 14.7. The van der Waals surface area contributed by atoms with Gasteiger partial charge in [0, 0.05) is 48.6 Å². The number of nitrogens with zero attached hydrogens (tertiary/aromatic N) is 4. The third-order valence-corrected chi connectivity index (χ3v) is 15.2. The Kier molecular flexibility index (Phi) is 11.5. The molecule has 3 unspecified atom stereocenters. The van der Waals surface area contributed by atoms with Crippen molar-refractivity contribution in [2.75, 3.05) is 26.4 Å². The highest BCUT2D eigenvalue weighted by atomic mass is 32.2. The van der Waals surface area contributed by atoms with Crippen LogP contribution in [-0.4, -0.2) is 75.5 Å². The maximum Gasteiger partial charge on any atom is 0.438 e. The van der Waals surface area contributed by atoms with Crippen molar-refractivity contribution in [1.82, 2.24) is 29.6 Å². The fourth-order valence-corrected chi connectivity index (χ4v) is 10.5. The van der Waals surface area contributed by atoms with Gasteiger partial charge < -0.3 is 19.4 Å². The number of carbonyl (C=O) groups is 1. The lowest BCUT2D eigenvalue weighted by Crippen LogP contribution is -2.43. The molecular formula is C47H51FN6O8S. The number of rotatable bonds is 10. The molecule has 3 aromatic heterocycles. The zero-order valence-corrected chi connectivity index (χ0v) is 36.6. The number of sulfone groups is 1. The Hall–Kier alpha value is -5.87. The summed E-state index contributed by atoms with van der Waals surface area (Å²) in [5.74, 6) is 1.25. The number of aromatic nitrogens is 5. The smallest absolute Gasteiger partial charge is 0.438 e. The van der Waals surface area contributed by atoms with Crippen LogP contribution in [0, 0.1) is 25.6 Å². The first-order valence-corrected chi connectivity index (χ1v) is 23.3. The van der Waals surface area contributed by atoms with E-state index in [1.54, 1.807) is 55.1 Å². The van der Waals surface area contributed by atoms with Gasteiger partial charge in [0.1, 0.15) is 11.5 Å². The fourth-order valence-electron chi connectivity index (χ4n) is 8.85. The molecule has 63 heavy (non-hydrogen) atoms. The van der Waals surface area contributed by atoms with Crippen molar-refractivity contribution in [3.8, 4) is 11.7 Å². The number of ether oxygens (including phenoxy) is 2. The van der Waals surface area contributed by atoms with Crippen molar-refractivity contribution in [1.29, 1.82) is 0 Å². The highest BCUT2D eigenvalue weighted by Crippen LogP contribution is 2.45. The van der Waals surface area contributed by atoms with Gasteiger partial charge in [-0.3, -0.25) is 19.1 Å². The van der Waals surface area contributed by atoms with Crippen LogP contribution in [0.25, 0.3) is 16.6 Å². The number of fused-ring (bicyclic) bond motifs is 2. The Balaban J connectivity index is 0.000000441. The summed E-state index contributed by atoms with van der Waals surface area (Å²) < 4.78 is 57.6. The second kappa shape index (κ2) is 17.0. The second-order valence-corrected chi connectivity index (χ2v) is 19.6. The third kappa shape index (κ3) is 8.62. The van der Waals surface area contributed by atoms with Crippen molar-refractivity contribution < 1.29 is 31.6 Å². The molecule has 10 rings (SSSR count). The molecule has 1 amide bonds. The van der Waals surface area contributed by atoms with Crippen molar-refractivity contribution in [2.45, 2.75) is 101 Å². The number of hydrogen-bond acceptors (Lipinski definition) is 10. The summed E-state index contributed by atoms with van der Waals surface area (Å²) in [6.07, 6.45) is 5.19. The monoisotopic (exact) mass is 878 g/mol. The molecule has 2 aliphatic carbocycles. The number of aromatic amines is 2. The first kappa shape index (κ1) is 42.4. The minimum absolute atomic E-state index is 0.0412. The molecule has 0 spiro atoms. The standard InChI is InChI=1S/C41H43FN4O6S.C6H8N2O2/c1-24-20-31(21-25(2)37(24)42)46-39(47)34-12-16-45(40(48)36-23-30-22-29(6-11-35(30)43-36)28-14-17-51-18-15-28)26(3)38(34)44-41(46)52-19-13-27-4-7-32(8-5-27)53(49,50)33-9-10-33;1-3-2-4(3)5-7-6(9)10-8-5/h4-8,11,20-23,26,28,33,43H,9-10,12-19H2,1-3H3;3-4H,2H2,1H3,(H,7,8,9). The predicted molar refractivity (Wildman–Crippen MR) is 233 cm³/mol. The van der Waals surface area contributed by atoms with Gasteiger partial charge in [0.15, 0.2) is 15.7 Å². The van der Waals surface area contributed by atoms with E-state index in [1.807, 2.05) is 19.1 Å². The summed E-state index contributed by atoms with van der Waals surface area (Å²) >= 11 is 0. The molecule has 4 aliphatic rings. The Labute approximate surface area is 363 Å². The van der Waals surface area contributed by atoms with Gasteiger partial charge in [0.25, 0.3) is 11.5 Å². The summed E-state index contributed by atoms with van der Waals surface area (Å²) in [6.45, 7) is 9.26. The second-order valence-electron chi connectivity index (χ2n) is 17.4. The number of nitrogens with one attached hydrogen (secondary N) is 2. The van der Waals surface area contributed by atoms with Gasteiger partial charge in [-0.15, -0.1) is 0 Å². The van der Waals surface area contributed by atoms with Gasteiger partial charge >= 0.3 is 11.8 Å². The van der Waals surface area contributed by atoms with Crippen LogP contribution >= 0.6 is 0 Å². The zero-order valence-electron chi connectivity index (χ0n) is 35.8. The molecule has 2 saturated carbocycles. The van der Waals surface area contributed by atoms with E-state index in [2.05, 4.69) is 38.7 Å². The van der Waals surface area contributed by atoms with Gasteiger partial charge in [0.2, 0.25) is 0 Å². The van der Waals surface area contributed by atoms with E-state index < -0.39 is 21.6 Å². The third-order valence-electron chi connectivity index (χ3n) is 12.9. The van der Waals surface area contributed by atoms with Crippen molar-refractivity contribution in [2.24, 2.45) is 5.92 Å². The number of halogens is 1. The van der Waals surface area contributed by atoms with Crippen LogP contribution in [0.5, 0.6) is 6.01 Å². The average molecular weight is 879 g/mol. The summed E-state index contributed by atoms with van der Waals surface area (Å²) in [5.41, 5.74) is 5.31. The van der Waals surface area contributed by atoms with Gasteiger partial charge in [-0.1, -0.05) is 30.3 Å². The molecule has 2 aliphatic heterocycles.